The number of nitrogens with zero attached hydrogens (tertiary/aromatic N) is 4. The van der Waals surface area contributed by atoms with Gasteiger partial charge in [0.15, 0.2) is 0 Å². The summed E-state index contributed by atoms with van der Waals surface area (Å²) in [6, 6.07) is 12.4. The summed E-state index contributed by atoms with van der Waals surface area (Å²) in [4.78, 5) is 11.4. The van der Waals surface area contributed by atoms with E-state index in [1.54, 1.807) is 0 Å². The molecule has 4 aromatic rings. The van der Waals surface area contributed by atoms with Crippen LogP contribution >= 0.6 is 11.6 Å². The first-order valence-corrected chi connectivity index (χ1v) is 10.4. The molecule has 29 heavy (non-hydrogen) atoms. The summed E-state index contributed by atoms with van der Waals surface area (Å²) < 4.78 is 2.44. The lowest BCUT2D eigenvalue weighted by atomic mass is 9.89. The molecular weight excluding hydrogens is 380 g/mol. The molecule has 2 aromatic heterocycles. The molecule has 0 saturated carbocycles. The molecule has 0 spiro atoms. The third kappa shape index (κ3) is 2.74. The summed E-state index contributed by atoms with van der Waals surface area (Å²) in [5, 5.41) is 2.06. The van der Waals surface area contributed by atoms with Gasteiger partial charge in [0.1, 0.15) is 0 Å². The molecule has 0 N–H and O–H groups in total. The Labute approximate surface area is 175 Å². The Morgan fingerprint density at radius 1 is 1.03 bits per heavy atom. The van der Waals surface area contributed by atoms with Gasteiger partial charge in [-0.3, -0.25) is 0 Å². The lowest BCUT2D eigenvalue weighted by molar-refractivity contribution is 0.673. The van der Waals surface area contributed by atoms with Crippen LogP contribution in [0.15, 0.2) is 48.8 Å². The molecule has 0 atom stereocenters. The first-order valence-electron chi connectivity index (χ1n) is 10.1. The monoisotopic (exact) mass is 402 g/mol. The molecule has 5 heteroatoms. The molecule has 0 bridgehead atoms. The minimum Gasteiger partial charge on any atom is -0.341 e. The van der Waals surface area contributed by atoms with Gasteiger partial charge in [0.05, 0.1) is 11.2 Å². The predicted octanol–water partition coefficient (Wildman–Crippen LogP) is 6.08. The number of anilines is 2. The van der Waals surface area contributed by atoms with Gasteiger partial charge in [0.2, 0.25) is 5.95 Å². The van der Waals surface area contributed by atoms with Gasteiger partial charge in [-0.05, 0) is 66.8 Å². The number of rotatable bonds is 3. The maximum atomic E-state index is 6.17. The van der Waals surface area contributed by atoms with E-state index in [1.807, 2.05) is 30.6 Å². The summed E-state index contributed by atoms with van der Waals surface area (Å²) in [6.45, 7) is 8.46. The van der Waals surface area contributed by atoms with Crippen LogP contribution in [0.1, 0.15) is 23.7 Å². The van der Waals surface area contributed by atoms with Crippen LogP contribution in [0.2, 0.25) is 5.02 Å². The Hall–Kier alpha value is -2.85. The molecule has 0 amide bonds. The Balaban J connectivity index is 1.87. The van der Waals surface area contributed by atoms with Gasteiger partial charge in [0, 0.05) is 41.6 Å². The van der Waals surface area contributed by atoms with Crippen LogP contribution in [-0.4, -0.2) is 21.1 Å². The van der Waals surface area contributed by atoms with Crippen molar-refractivity contribution in [3.05, 3.63) is 70.6 Å². The van der Waals surface area contributed by atoms with E-state index in [4.69, 9.17) is 11.6 Å². The van der Waals surface area contributed by atoms with Gasteiger partial charge in [-0.2, -0.15) is 0 Å². The fourth-order valence-electron chi connectivity index (χ4n) is 4.74. The van der Waals surface area contributed by atoms with Crippen molar-refractivity contribution in [3.8, 4) is 11.1 Å². The Kier molecular flexibility index (Phi) is 4.32. The number of aryl methyl sites for hydroxylation is 1. The molecular formula is C24H23ClN4. The number of halogens is 1. The molecule has 0 fully saturated rings. The maximum Gasteiger partial charge on any atom is 0.229 e. The molecule has 0 aliphatic carbocycles. The lowest BCUT2D eigenvalue weighted by Gasteiger charge is -2.32. The first-order chi connectivity index (χ1) is 14.1. The van der Waals surface area contributed by atoms with Crippen LogP contribution in [-0.2, 0) is 13.0 Å². The van der Waals surface area contributed by atoms with E-state index >= 15 is 0 Å². The van der Waals surface area contributed by atoms with E-state index in [0.717, 1.165) is 30.5 Å². The summed E-state index contributed by atoms with van der Waals surface area (Å²) in [6.07, 6.45) is 4.59. The van der Waals surface area contributed by atoms with Gasteiger partial charge in [-0.25, -0.2) is 9.97 Å². The van der Waals surface area contributed by atoms with Crippen LogP contribution in [0.25, 0.3) is 22.0 Å². The van der Waals surface area contributed by atoms with Gasteiger partial charge >= 0.3 is 0 Å². The zero-order valence-electron chi connectivity index (χ0n) is 16.9. The van der Waals surface area contributed by atoms with E-state index < -0.39 is 0 Å². The predicted molar refractivity (Wildman–Crippen MR) is 120 cm³/mol. The molecule has 4 nitrogen and oxygen atoms in total. The second kappa shape index (κ2) is 6.89. The van der Waals surface area contributed by atoms with Crippen molar-refractivity contribution in [1.29, 1.82) is 0 Å². The third-order valence-corrected chi connectivity index (χ3v) is 6.26. The topological polar surface area (TPSA) is 34.0 Å². The van der Waals surface area contributed by atoms with Crippen LogP contribution < -0.4 is 4.90 Å². The Morgan fingerprint density at radius 3 is 2.45 bits per heavy atom. The SMILES string of the molecule is CCc1c(C)c2c3c(cc(C)n3CCN2c2ncccn2)c1-c1ccc(Cl)cc1. The molecule has 0 saturated heterocycles. The maximum absolute atomic E-state index is 6.17. The average molecular weight is 403 g/mol. The fraction of sp³-hybridized carbons (Fsp3) is 0.250. The molecule has 1 aliphatic rings. The fourth-order valence-corrected chi connectivity index (χ4v) is 4.87. The minimum atomic E-state index is 0.763. The van der Waals surface area contributed by atoms with E-state index in [1.165, 1.54) is 44.5 Å². The highest BCUT2D eigenvalue weighted by Crippen LogP contribution is 2.46. The number of aromatic nitrogens is 3. The number of benzene rings is 2. The van der Waals surface area contributed by atoms with Crippen molar-refractivity contribution in [2.75, 3.05) is 11.4 Å². The standard InChI is InChI=1S/C24H23ClN4/c1-4-19-16(3)22-23-20(21(19)17-6-8-18(25)9-7-17)14-15(2)28(23)12-13-29(22)24-26-10-5-11-27-24/h5-11,14H,4,12-13H2,1-3H3. The molecule has 0 unspecified atom stereocenters. The summed E-state index contributed by atoms with van der Waals surface area (Å²) in [7, 11) is 0. The molecule has 3 heterocycles. The third-order valence-electron chi connectivity index (χ3n) is 6.00. The van der Waals surface area contributed by atoms with E-state index in [9.17, 15) is 0 Å². The molecule has 146 valence electrons. The molecule has 1 aliphatic heterocycles. The largest absolute Gasteiger partial charge is 0.341 e. The van der Waals surface area contributed by atoms with Crippen molar-refractivity contribution >= 4 is 34.1 Å². The van der Waals surface area contributed by atoms with Crippen LogP contribution in [0.3, 0.4) is 0 Å². The van der Waals surface area contributed by atoms with Crippen LogP contribution in [0, 0.1) is 13.8 Å². The van der Waals surface area contributed by atoms with Crippen molar-refractivity contribution < 1.29 is 0 Å². The second-order valence-corrected chi connectivity index (χ2v) is 8.02. The minimum absolute atomic E-state index is 0.763. The zero-order chi connectivity index (χ0) is 20.1. The number of hydrogen-bond acceptors (Lipinski definition) is 3. The summed E-state index contributed by atoms with van der Waals surface area (Å²) in [5.74, 6) is 0.767. The van der Waals surface area contributed by atoms with Gasteiger partial charge in [-0.15, -0.1) is 0 Å². The van der Waals surface area contributed by atoms with Crippen molar-refractivity contribution in [3.63, 3.8) is 0 Å². The highest BCUT2D eigenvalue weighted by atomic mass is 35.5. The van der Waals surface area contributed by atoms with Crippen LogP contribution in [0.5, 0.6) is 0 Å². The van der Waals surface area contributed by atoms with Gasteiger partial charge < -0.3 is 9.47 Å². The van der Waals surface area contributed by atoms with Gasteiger partial charge in [-0.1, -0.05) is 30.7 Å². The second-order valence-electron chi connectivity index (χ2n) is 7.59. The van der Waals surface area contributed by atoms with E-state index in [-0.39, 0.29) is 0 Å². The summed E-state index contributed by atoms with van der Waals surface area (Å²) >= 11 is 6.17. The van der Waals surface area contributed by atoms with Crippen molar-refractivity contribution in [1.82, 2.24) is 14.5 Å². The van der Waals surface area contributed by atoms with E-state index in [2.05, 4.69) is 58.4 Å². The highest BCUT2D eigenvalue weighted by molar-refractivity contribution is 6.30. The lowest BCUT2D eigenvalue weighted by Crippen LogP contribution is -2.30. The highest BCUT2D eigenvalue weighted by Gasteiger charge is 2.29. The average Bonchev–Trinajstić information content (AvgIpc) is 3.08. The van der Waals surface area contributed by atoms with Crippen molar-refractivity contribution in [2.45, 2.75) is 33.7 Å². The van der Waals surface area contributed by atoms with Crippen LogP contribution in [0.4, 0.5) is 11.6 Å². The van der Waals surface area contributed by atoms with Crippen molar-refractivity contribution in [2.24, 2.45) is 0 Å². The Morgan fingerprint density at radius 2 is 1.76 bits per heavy atom. The molecule has 5 rings (SSSR count). The molecule has 0 radical (unpaired) electrons. The smallest absolute Gasteiger partial charge is 0.229 e. The number of hydrogen-bond donors (Lipinski definition) is 0. The normalized spacial score (nSPS) is 13.3. The van der Waals surface area contributed by atoms with Gasteiger partial charge in [0.25, 0.3) is 0 Å². The molecule has 2 aromatic carbocycles. The Bertz CT molecular complexity index is 1210. The van der Waals surface area contributed by atoms with E-state index in [0.29, 0.717) is 0 Å². The zero-order valence-corrected chi connectivity index (χ0v) is 17.7. The first kappa shape index (κ1) is 18.2. The summed E-state index contributed by atoms with van der Waals surface area (Å²) in [5.41, 5.74) is 9.01. The quantitative estimate of drug-likeness (QED) is 0.416.